The van der Waals surface area contributed by atoms with Crippen molar-refractivity contribution in [3.63, 3.8) is 0 Å². The average molecular weight is 311 g/mol. The van der Waals surface area contributed by atoms with E-state index >= 15 is 0 Å². The first-order valence-electron chi connectivity index (χ1n) is 9.87. The van der Waals surface area contributed by atoms with E-state index in [1.165, 1.54) is 83.5 Å². The van der Waals surface area contributed by atoms with Crippen molar-refractivity contribution in [2.45, 2.75) is 115 Å². The van der Waals surface area contributed by atoms with Crippen LogP contribution in [-0.2, 0) is 9.47 Å². The molecule has 1 saturated carbocycles. The van der Waals surface area contributed by atoms with E-state index < -0.39 is 0 Å². The van der Waals surface area contributed by atoms with E-state index in [1.54, 1.807) is 0 Å². The summed E-state index contributed by atoms with van der Waals surface area (Å²) >= 11 is 0. The van der Waals surface area contributed by atoms with Crippen molar-refractivity contribution in [2.75, 3.05) is 7.11 Å². The maximum Gasteiger partial charge on any atom is 0.0844 e. The van der Waals surface area contributed by atoms with Gasteiger partial charge in [0.1, 0.15) is 0 Å². The van der Waals surface area contributed by atoms with Crippen LogP contribution in [-0.4, -0.2) is 24.9 Å². The fourth-order valence-corrected chi connectivity index (χ4v) is 4.04. The zero-order valence-corrected chi connectivity index (χ0v) is 15.2. The van der Waals surface area contributed by atoms with Crippen molar-refractivity contribution in [1.82, 2.24) is 0 Å². The molecule has 1 aliphatic carbocycles. The molecule has 2 aliphatic rings. The second kappa shape index (κ2) is 9.27. The van der Waals surface area contributed by atoms with Gasteiger partial charge in [-0.2, -0.15) is 0 Å². The number of methoxy groups -OCH3 is 1. The summed E-state index contributed by atoms with van der Waals surface area (Å²) in [5.41, 5.74) is 0.102. The number of ether oxygens (including phenoxy) is 2. The van der Waals surface area contributed by atoms with Crippen LogP contribution in [0.1, 0.15) is 97.3 Å². The van der Waals surface area contributed by atoms with Gasteiger partial charge < -0.3 is 9.47 Å². The fourth-order valence-electron chi connectivity index (χ4n) is 4.04. The number of hydrogen-bond acceptors (Lipinski definition) is 2. The van der Waals surface area contributed by atoms with Crippen LogP contribution in [0, 0.1) is 5.92 Å². The molecule has 0 amide bonds. The van der Waals surface area contributed by atoms with Gasteiger partial charge in [-0.3, -0.25) is 0 Å². The standard InChI is InChI=1S/C20H38O2/c1-4-5-6-7-8-9-10-14-20(2,21-3)15-13-17-11-12-18-19(16-17)22-18/h17-19H,4-16H2,1-3H3. The topological polar surface area (TPSA) is 21.8 Å². The largest absolute Gasteiger partial charge is 0.379 e. The van der Waals surface area contributed by atoms with Gasteiger partial charge >= 0.3 is 0 Å². The molecule has 2 rings (SSSR count). The molecule has 0 N–H and O–H groups in total. The van der Waals surface area contributed by atoms with Crippen LogP contribution in [0.3, 0.4) is 0 Å². The molecule has 0 bridgehead atoms. The normalized spacial score (nSPS) is 29.9. The minimum atomic E-state index is 0.102. The Kier molecular flexibility index (Phi) is 7.70. The van der Waals surface area contributed by atoms with Gasteiger partial charge in [0.2, 0.25) is 0 Å². The molecule has 4 unspecified atom stereocenters. The molecule has 2 heteroatoms. The van der Waals surface area contributed by atoms with Gasteiger partial charge in [0, 0.05) is 7.11 Å². The van der Waals surface area contributed by atoms with E-state index in [-0.39, 0.29) is 5.60 Å². The van der Waals surface area contributed by atoms with Gasteiger partial charge in [0.15, 0.2) is 0 Å². The maximum absolute atomic E-state index is 5.88. The van der Waals surface area contributed by atoms with Gasteiger partial charge in [0.05, 0.1) is 17.8 Å². The summed E-state index contributed by atoms with van der Waals surface area (Å²) in [7, 11) is 1.90. The Morgan fingerprint density at radius 1 is 0.955 bits per heavy atom. The Bertz CT molecular complexity index is 304. The summed E-state index contributed by atoms with van der Waals surface area (Å²) in [4.78, 5) is 0. The van der Waals surface area contributed by atoms with E-state index in [2.05, 4.69) is 13.8 Å². The first kappa shape index (κ1) is 18.3. The lowest BCUT2D eigenvalue weighted by atomic mass is 9.82. The van der Waals surface area contributed by atoms with Crippen molar-refractivity contribution < 1.29 is 9.47 Å². The van der Waals surface area contributed by atoms with Crippen LogP contribution >= 0.6 is 0 Å². The van der Waals surface area contributed by atoms with E-state index in [1.807, 2.05) is 7.11 Å². The summed E-state index contributed by atoms with van der Waals surface area (Å²) in [6.45, 7) is 4.61. The highest BCUT2D eigenvalue weighted by Crippen LogP contribution is 2.42. The number of fused-ring (bicyclic) bond motifs is 1. The lowest BCUT2D eigenvalue weighted by molar-refractivity contribution is -0.0156. The molecule has 2 nitrogen and oxygen atoms in total. The Labute approximate surface area is 138 Å². The molecule has 4 atom stereocenters. The second-order valence-corrected chi connectivity index (χ2v) is 7.96. The molecular weight excluding hydrogens is 272 g/mol. The average Bonchev–Trinajstić information content (AvgIpc) is 3.31. The Balaban J connectivity index is 1.54. The molecule has 22 heavy (non-hydrogen) atoms. The lowest BCUT2D eigenvalue weighted by Crippen LogP contribution is -2.28. The van der Waals surface area contributed by atoms with Gasteiger partial charge in [0.25, 0.3) is 0 Å². The minimum absolute atomic E-state index is 0.102. The van der Waals surface area contributed by atoms with Gasteiger partial charge in [-0.25, -0.2) is 0 Å². The van der Waals surface area contributed by atoms with Crippen LogP contribution < -0.4 is 0 Å². The van der Waals surface area contributed by atoms with Crippen LogP contribution in [0.5, 0.6) is 0 Å². The predicted molar refractivity (Wildman–Crippen MR) is 93.3 cm³/mol. The predicted octanol–water partition coefficient (Wildman–Crippen LogP) is 5.88. The summed E-state index contributed by atoms with van der Waals surface area (Å²) < 4.78 is 11.5. The molecule has 0 spiro atoms. The SMILES string of the molecule is CCCCCCCCCC(C)(CCC1CCC2OC2C1)OC. The third-order valence-corrected chi connectivity index (χ3v) is 6.00. The quantitative estimate of drug-likeness (QED) is 0.331. The Morgan fingerprint density at radius 3 is 2.36 bits per heavy atom. The van der Waals surface area contributed by atoms with Gasteiger partial charge in [-0.15, -0.1) is 0 Å². The Morgan fingerprint density at radius 2 is 1.68 bits per heavy atom. The van der Waals surface area contributed by atoms with Gasteiger partial charge in [-0.1, -0.05) is 51.9 Å². The van der Waals surface area contributed by atoms with Crippen molar-refractivity contribution in [3.8, 4) is 0 Å². The number of rotatable bonds is 12. The minimum Gasteiger partial charge on any atom is -0.379 e. The molecule has 0 aromatic carbocycles. The molecule has 1 saturated heterocycles. The molecule has 0 radical (unpaired) electrons. The number of hydrogen-bond donors (Lipinski definition) is 0. The molecule has 0 aromatic rings. The van der Waals surface area contributed by atoms with Crippen molar-refractivity contribution in [3.05, 3.63) is 0 Å². The number of epoxide rings is 1. The zero-order chi connectivity index (χ0) is 15.8. The van der Waals surface area contributed by atoms with Crippen molar-refractivity contribution in [2.24, 2.45) is 5.92 Å². The first-order chi connectivity index (χ1) is 10.7. The van der Waals surface area contributed by atoms with Crippen LogP contribution in [0.4, 0.5) is 0 Å². The maximum atomic E-state index is 5.88. The highest BCUT2D eigenvalue weighted by molar-refractivity contribution is 4.92. The molecule has 130 valence electrons. The third kappa shape index (κ3) is 6.20. The first-order valence-corrected chi connectivity index (χ1v) is 9.87. The van der Waals surface area contributed by atoms with E-state index in [0.717, 1.165) is 5.92 Å². The van der Waals surface area contributed by atoms with Crippen molar-refractivity contribution in [1.29, 1.82) is 0 Å². The van der Waals surface area contributed by atoms with E-state index in [0.29, 0.717) is 12.2 Å². The molecular formula is C20H38O2. The highest BCUT2D eigenvalue weighted by atomic mass is 16.6. The van der Waals surface area contributed by atoms with Crippen LogP contribution in [0.25, 0.3) is 0 Å². The van der Waals surface area contributed by atoms with E-state index in [9.17, 15) is 0 Å². The smallest absolute Gasteiger partial charge is 0.0844 e. The van der Waals surface area contributed by atoms with E-state index in [4.69, 9.17) is 9.47 Å². The number of unbranched alkanes of at least 4 members (excludes halogenated alkanes) is 6. The lowest BCUT2D eigenvalue weighted by Gasteiger charge is -2.30. The Hall–Kier alpha value is -0.0800. The highest BCUT2D eigenvalue weighted by Gasteiger charge is 2.43. The molecule has 1 aliphatic heterocycles. The summed E-state index contributed by atoms with van der Waals surface area (Å²) in [6.07, 6.45) is 18.7. The second-order valence-electron chi connectivity index (χ2n) is 7.96. The molecule has 2 fully saturated rings. The third-order valence-electron chi connectivity index (χ3n) is 6.00. The monoisotopic (exact) mass is 310 g/mol. The summed E-state index contributed by atoms with van der Waals surface area (Å²) in [5, 5.41) is 0. The van der Waals surface area contributed by atoms with Gasteiger partial charge in [-0.05, 0) is 51.4 Å². The van der Waals surface area contributed by atoms with Crippen LogP contribution in [0.2, 0.25) is 0 Å². The van der Waals surface area contributed by atoms with Crippen molar-refractivity contribution >= 4 is 0 Å². The van der Waals surface area contributed by atoms with Crippen LogP contribution in [0.15, 0.2) is 0 Å². The molecule has 0 aromatic heterocycles. The fraction of sp³-hybridized carbons (Fsp3) is 1.00. The zero-order valence-electron chi connectivity index (χ0n) is 15.2. The molecule has 1 heterocycles. The summed E-state index contributed by atoms with van der Waals surface area (Å²) in [5.74, 6) is 0.882. The summed E-state index contributed by atoms with van der Waals surface area (Å²) in [6, 6.07) is 0.